The van der Waals surface area contributed by atoms with E-state index in [1.807, 2.05) is 0 Å². The molecule has 0 saturated heterocycles. The second kappa shape index (κ2) is 4.88. The maximum absolute atomic E-state index is 9.57. The van der Waals surface area contributed by atoms with Crippen molar-refractivity contribution >= 4 is 7.82 Å². The van der Waals surface area contributed by atoms with Crippen LogP contribution >= 0.6 is 7.82 Å². The van der Waals surface area contributed by atoms with Crippen molar-refractivity contribution in [2.75, 3.05) is 0 Å². The van der Waals surface area contributed by atoms with Gasteiger partial charge in [0.2, 0.25) is 0 Å². The molecule has 0 aliphatic rings. The summed E-state index contributed by atoms with van der Waals surface area (Å²) in [4.78, 5) is 15.4. The maximum Gasteiger partial charge on any atom is 1.00 e. The Bertz CT molecular complexity index is 220. The van der Waals surface area contributed by atoms with Crippen molar-refractivity contribution in [3.8, 4) is 0 Å². The number of hydrogen-bond donors (Lipinski definition) is 2. The molecule has 2 N–H and O–H groups in total. The number of rotatable bonds is 2. The molecule has 0 radical (unpaired) electrons. The van der Waals surface area contributed by atoms with Gasteiger partial charge in [0.05, 0.1) is 0 Å². The van der Waals surface area contributed by atoms with Gasteiger partial charge in [0.1, 0.15) is 0 Å². The van der Waals surface area contributed by atoms with Crippen LogP contribution in [0.4, 0.5) is 0 Å². The zero-order valence-corrected chi connectivity index (χ0v) is 10.8. The van der Waals surface area contributed by atoms with Gasteiger partial charge in [-0.3, -0.25) is 0 Å². The molecule has 0 heterocycles. The van der Waals surface area contributed by atoms with E-state index in [9.17, 15) is 15.1 Å². The molecule has 10 heavy (non-hydrogen) atoms. The summed E-state index contributed by atoms with van der Waals surface area (Å²) in [5.41, 5.74) is 0. The van der Waals surface area contributed by atoms with Gasteiger partial charge in [-0.1, -0.05) is 0 Å². The monoisotopic (exact) mass is 282 g/mol. The molecule has 0 aliphatic carbocycles. The van der Waals surface area contributed by atoms with Crippen LogP contribution in [0.15, 0.2) is 0 Å². The third-order valence-electron chi connectivity index (χ3n) is 0.188. The van der Waals surface area contributed by atoms with E-state index in [-0.39, 0.29) is 51.4 Å². The van der Waals surface area contributed by atoms with E-state index in [2.05, 4.69) is 3.18 Å². The molecule has 10 heteroatoms. The predicted molar refractivity (Wildman–Crippen MR) is 14.5 cm³/mol. The van der Waals surface area contributed by atoms with Gasteiger partial charge in [0.25, 0.3) is 0 Å². The third kappa shape index (κ3) is 12.7. The average Bonchev–Trinajstić information content (AvgIpc) is 1.14. The quantitative estimate of drug-likeness (QED) is 0.384. The van der Waals surface area contributed by atoms with E-state index in [1.54, 1.807) is 0 Å². The first-order valence-electron chi connectivity index (χ1n) is 1.43. The van der Waals surface area contributed by atoms with Crippen LogP contribution in [0.1, 0.15) is 0 Å². The molecule has 0 spiro atoms. The van der Waals surface area contributed by atoms with Crippen LogP contribution in [0.25, 0.3) is 0 Å². The van der Waals surface area contributed by atoms with Crippen LogP contribution in [-0.4, -0.2) is 9.79 Å². The molecule has 0 bridgehead atoms. The summed E-state index contributed by atoms with van der Waals surface area (Å²) in [5.74, 6) is 0. The summed E-state index contributed by atoms with van der Waals surface area (Å²) >= 11 is -6.28. The molecule has 0 fully saturated rings. The fourth-order valence-electron chi connectivity index (χ4n) is 0.119. The smallest absolute Gasteiger partial charge is 1.00 e. The molecule has 7 nitrogen and oxygen atoms in total. The van der Waals surface area contributed by atoms with Gasteiger partial charge in [0, 0.05) is 0 Å². The van der Waals surface area contributed by atoms with E-state index in [4.69, 9.17) is 9.79 Å². The molecular formula is H2KMoO7P. The minimum atomic E-state index is -6.28. The fraction of sp³-hybridized carbons (Fsp3) is 0. The molecule has 0 aromatic rings. The van der Waals surface area contributed by atoms with Crippen LogP contribution in [-0.2, 0) is 31.3 Å². The zero-order valence-electron chi connectivity index (χ0n) is 4.79. The molecule has 0 atom stereocenters. The normalized spacial score (nSPS) is 12.3. The Morgan fingerprint density at radius 1 is 1.40 bits per heavy atom. The average molecular weight is 280 g/mol. The van der Waals surface area contributed by atoms with E-state index in [0.29, 0.717) is 0 Å². The van der Waals surface area contributed by atoms with Crippen molar-refractivity contribution in [1.29, 1.82) is 0 Å². The zero-order chi connectivity index (χ0) is 7.71. The predicted octanol–water partition coefficient (Wildman–Crippen LogP) is -4.87. The Morgan fingerprint density at radius 2 is 1.70 bits per heavy atom. The van der Waals surface area contributed by atoms with Gasteiger partial charge in [-0.2, -0.15) is 0 Å². The topological polar surface area (TPSA) is 124 Å². The molecule has 0 saturated carbocycles. The van der Waals surface area contributed by atoms with Crippen molar-refractivity contribution in [2.24, 2.45) is 0 Å². The summed E-state index contributed by atoms with van der Waals surface area (Å²) in [7, 11) is -5.14. The van der Waals surface area contributed by atoms with Gasteiger partial charge in [-0.25, -0.2) is 0 Å². The molecule has 0 aliphatic heterocycles. The second-order valence-electron chi connectivity index (χ2n) is 0.973. The molecule has 0 aromatic heterocycles. The first-order valence-corrected chi connectivity index (χ1v) is 6.24. The number of phosphoric acid groups is 1. The molecular weight excluding hydrogens is 278 g/mol. The third-order valence-corrected chi connectivity index (χ3v) is 3.34. The van der Waals surface area contributed by atoms with E-state index < -0.39 is 24.6 Å². The van der Waals surface area contributed by atoms with Crippen LogP contribution in [0.3, 0.4) is 0 Å². The standard InChI is InChI=1S/K.Mo.H3O4P.3O/c;;1-5(2,3)4;;;/h;;(H3,1,2,3,4);;;/q2*+1;;;;-1/p-1. The van der Waals surface area contributed by atoms with E-state index in [0.717, 1.165) is 0 Å². The van der Waals surface area contributed by atoms with Gasteiger partial charge in [-0.15, -0.1) is 0 Å². The van der Waals surface area contributed by atoms with Crippen LogP contribution in [0.2, 0.25) is 0 Å². The van der Waals surface area contributed by atoms with Crippen molar-refractivity contribution in [3.05, 3.63) is 0 Å². The second-order valence-corrected chi connectivity index (χ2v) is 5.21. The SMILES string of the molecule is O=P(O)(O)[O][Mo](=[O])(=[O])[O-].[K+]. The molecule has 56 valence electrons. The van der Waals surface area contributed by atoms with Crippen LogP contribution in [0, 0.1) is 0 Å². The largest absolute Gasteiger partial charge is 1.00 e. The molecule has 0 aromatic carbocycles. The summed E-state index contributed by atoms with van der Waals surface area (Å²) in [5, 5.41) is 0. The Labute approximate surface area is 102 Å². The van der Waals surface area contributed by atoms with Crippen molar-refractivity contribution < 1.29 is 96.2 Å². The van der Waals surface area contributed by atoms with Crippen molar-refractivity contribution in [3.63, 3.8) is 0 Å². The maximum atomic E-state index is 9.57. The Balaban J connectivity index is 0. The molecule has 0 amide bonds. The van der Waals surface area contributed by atoms with Crippen molar-refractivity contribution in [1.82, 2.24) is 0 Å². The Hall–Kier alpha value is 1.99. The summed E-state index contributed by atoms with van der Waals surface area (Å²) in [6, 6.07) is 0. The molecule has 0 unspecified atom stereocenters. The minimum absolute atomic E-state index is 0. The fourth-order valence-corrected chi connectivity index (χ4v) is 2.11. The number of hydrogen-bond acceptors (Lipinski definition) is 5. The van der Waals surface area contributed by atoms with Crippen LogP contribution < -0.4 is 55.1 Å². The van der Waals surface area contributed by atoms with Gasteiger partial charge < -0.3 is 0 Å². The summed E-state index contributed by atoms with van der Waals surface area (Å²) < 4.78 is 40.8. The van der Waals surface area contributed by atoms with E-state index in [1.165, 1.54) is 0 Å². The Morgan fingerprint density at radius 3 is 1.70 bits per heavy atom. The van der Waals surface area contributed by atoms with Gasteiger partial charge >= 0.3 is 104 Å². The van der Waals surface area contributed by atoms with Gasteiger partial charge in [-0.05, 0) is 0 Å². The summed E-state index contributed by atoms with van der Waals surface area (Å²) in [6.07, 6.45) is 0. The van der Waals surface area contributed by atoms with Crippen molar-refractivity contribution in [2.45, 2.75) is 0 Å². The minimum Gasteiger partial charge on any atom is 1.00 e. The first kappa shape index (κ1) is 14.5. The Kier molecular flexibility index (Phi) is 7.09. The summed E-state index contributed by atoms with van der Waals surface area (Å²) in [6.45, 7) is 0. The molecule has 0 rings (SSSR count). The van der Waals surface area contributed by atoms with E-state index >= 15 is 0 Å². The first-order chi connectivity index (χ1) is 3.71. The van der Waals surface area contributed by atoms with Crippen LogP contribution in [0.5, 0.6) is 0 Å². The van der Waals surface area contributed by atoms with Gasteiger partial charge in [0.15, 0.2) is 0 Å².